The van der Waals surface area contributed by atoms with E-state index in [1.807, 2.05) is 48.5 Å². The van der Waals surface area contributed by atoms with Crippen molar-refractivity contribution in [2.24, 2.45) is 0 Å². The average molecular weight is 258 g/mol. The summed E-state index contributed by atoms with van der Waals surface area (Å²) in [6.45, 7) is -0.142. The third kappa shape index (κ3) is 3.41. The highest BCUT2D eigenvalue weighted by atomic mass is 16.3. The van der Waals surface area contributed by atoms with Crippen LogP contribution in [0, 0.1) is 0 Å². The van der Waals surface area contributed by atoms with Crippen molar-refractivity contribution in [1.29, 1.82) is 0 Å². The summed E-state index contributed by atoms with van der Waals surface area (Å²) in [4.78, 5) is 0. The summed E-state index contributed by atoms with van der Waals surface area (Å²) in [6, 6.07) is 17.3. The standard InChI is InChI=1S/C16H18O3/c17-10-9-15(18)16(19)14-8-4-7-13(11-14)12-5-2-1-3-6-12/h1-8,11,15-19H,9-10H2. The van der Waals surface area contributed by atoms with Gasteiger partial charge in [0.2, 0.25) is 0 Å². The van der Waals surface area contributed by atoms with E-state index in [9.17, 15) is 10.2 Å². The van der Waals surface area contributed by atoms with Crippen LogP contribution in [0.2, 0.25) is 0 Å². The van der Waals surface area contributed by atoms with E-state index >= 15 is 0 Å². The van der Waals surface area contributed by atoms with E-state index in [-0.39, 0.29) is 13.0 Å². The zero-order valence-electron chi connectivity index (χ0n) is 10.6. The Balaban J connectivity index is 2.25. The number of aliphatic hydroxyl groups excluding tert-OH is 3. The molecule has 0 bridgehead atoms. The van der Waals surface area contributed by atoms with Crippen LogP contribution < -0.4 is 0 Å². The predicted molar refractivity (Wildman–Crippen MR) is 74.5 cm³/mol. The second kappa shape index (κ2) is 6.48. The summed E-state index contributed by atoms with van der Waals surface area (Å²) >= 11 is 0. The second-order valence-corrected chi connectivity index (χ2v) is 4.52. The Bertz CT molecular complexity index is 510. The SMILES string of the molecule is OCCC(O)C(O)c1cccc(-c2ccccc2)c1. The lowest BCUT2D eigenvalue weighted by atomic mass is 9.97. The van der Waals surface area contributed by atoms with Crippen molar-refractivity contribution in [3.63, 3.8) is 0 Å². The zero-order chi connectivity index (χ0) is 13.7. The van der Waals surface area contributed by atoms with Gasteiger partial charge in [-0.05, 0) is 29.2 Å². The molecule has 19 heavy (non-hydrogen) atoms. The Kier molecular flexibility index (Phi) is 4.68. The van der Waals surface area contributed by atoms with E-state index in [4.69, 9.17) is 5.11 Å². The number of rotatable bonds is 5. The summed E-state index contributed by atoms with van der Waals surface area (Å²) < 4.78 is 0. The zero-order valence-corrected chi connectivity index (χ0v) is 10.6. The molecule has 2 aromatic rings. The molecule has 2 rings (SSSR count). The van der Waals surface area contributed by atoms with E-state index in [0.29, 0.717) is 5.56 Å². The lowest BCUT2D eigenvalue weighted by Gasteiger charge is -2.18. The maximum absolute atomic E-state index is 10.0. The van der Waals surface area contributed by atoms with Gasteiger partial charge >= 0.3 is 0 Å². The van der Waals surface area contributed by atoms with Gasteiger partial charge in [0.1, 0.15) is 6.10 Å². The molecule has 3 N–H and O–H groups in total. The van der Waals surface area contributed by atoms with Crippen LogP contribution in [0.5, 0.6) is 0 Å². The number of aliphatic hydroxyl groups is 3. The molecule has 0 aliphatic rings. The first-order valence-electron chi connectivity index (χ1n) is 6.34. The minimum Gasteiger partial charge on any atom is -0.396 e. The van der Waals surface area contributed by atoms with Crippen molar-refractivity contribution in [3.05, 3.63) is 60.2 Å². The Hall–Kier alpha value is -1.68. The van der Waals surface area contributed by atoms with E-state index in [1.54, 1.807) is 6.07 Å². The van der Waals surface area contributed by atoms with Crippen LogP contribution in [0.25, 0.3) is 11.1 Å². The van der Waals surface area contributed by atoms with Crippen molar-refractivity contribution >= 4 is 0 Å². The molecule has 0 fully saturated rings. The molecular formula is C16H18O3. The molecule has 0 radical (unpaired) electrons. The van der Waals surface area contributed by atoms with Crippen LogP contribution in [0.1, 0.15) is 18.1 Å². The molecule has 0 saturated carbocycles. The molecule has 0 saturated heterocycles. The van der Waals surface area contributed by atoms with Crippen molar-refractivity contribution in [3.8, 4) is 11.1 Å². The Morgan fingerprint density at radius 1 is 0.842 bits per heavy atom. The fraction of sp³-hybridized carbons (Fsp3) is 0.250. The fourth-order valence-electron chi connectivity index (χ4n) is 2.05. The van der Waals surface area contributed by atoms with Crippen LogP contribution in [0.4, 0.5) is 0 Å². The molecule has 0 spiro atoms. The van der Waals surface area contributed by atoms with E-state index in [2.05, 4.69) is 0 Å². The Labute approximate surface area is 112 Å². The molecule has 3 nitrogen and oxygen atoms in total. The van der Waals surface area contributed by atoms with Gasteiger partial charge in [-0.2, -0.15) is 0 Å². The molecule has 0 heterocycles. The molecular weight excluding hydrogens is 240 g/mol. The summed E-state index contributed by atoms with van der Waals surface area (Å²) in [5.41, 5.74) is 2.71. The average Bonchev–Trinajstić information content (AvgIpc) is 2.48. The van der Waals surface area contributed by atoms with Gasteiger partial charge < -0.3 is 15.3 Å². The highest BCUT2D eigenvalue weighted by Crippen LogP contribution is 2.25. The van der Waals surface area contributed by atoms with Crippen LogP contribution in [-0.2, 0) is 0 Å². The summed E-state index contributed by atoms with van der Waals surface area (Å²) in [6.07, 6.45) is -1.76. The minimum absolute atomic E-state index is 0.142. The van der Waals surface area contributed by atoms with Gasteiger partial charge in [-0.25, -0.2) is 0 Å². The smallest absolute Gasteiger partial charge is 0.105 e. The highest BCUT2D eigenvalue weighted by Gasteiger charge is 2.17. The van der Waals surface area contributed by atoms with Gasteiger partial charge in [0.05, 0.1) is 6.10 Å². The van der Waals surface area contributed by atoms with Gasteiger partial charge in [-0.3, -0.25) is 0 Å². The lowest BCUT2D eigenvalue weighted by Crippen LogP contribution is -2.19. The lowest BCUT2D eigenvalue weighted by molar-refractivity contribution is 0.00424. The number of benzene rings is 2. The van der Waals surface area contributed by atoms with Gasteiger partial charge in [0.15, 0.2) is 0 Å². The van der Waals surface area contributed by atoms with E-state index in [0.717, 1.165) is 11.1 Å². The maximum Gasteiger partial charge on any atom is 0.105 e. The molecule has 100 valence electrons. The summed E-state index contributed by atoms with van der Waals surface area (Å²) in [5, 5.41) is 28.5. The largest absolute Gasteiger partial charge is 0.396 e. The van der Waals surface area contributed by atoms with Gasteiger partial charge in [0, 0.05) is 6.61 Å². The number of hydrogen-bond donors (Lipinski definition) is 3. The van der Waals surface area contributed by atoms with Crippen LogP contribution >= 0.6 is 0 Å². The highest BCUT2D eigenvalue weighted by molar-refractivity contribution is 5.64. The molecule has 2 aromatic carbocycles. The predicted octanol–water partition coefficient (Wildman–Crippen LogP) is 2.13. The summed E-state index contributed by atoms with van der Waals surface area (Å²) in [7, 11) is 0. The van der Waals surface area contributed by atoms with Crippen LogP contribution in [0.15, 0.2) is 54.6 Å². The van der Waals surface area contributed by atoms with Gasteiger partial charge in [-0.1, -0.05) is 48.5 Å². The molecule has 2 atom stereocenters. The molecule has 0 aliphatic carbocycles. The van der Waals surface area contributed by atoms with Gasteiger partial charge in [0.25, 0.3) is 0 Å². The van der Waals surface area contributed by atoms with E-state index < -0.39 is 12.2 Å². The maximum atomic E-state index is 10.0. The first kappa shape index (κ1) is 13.7. The van der Waals surface area contributed by atoms with E-state index in [1.165, 1.54) is 0 Å². The molecule has 0 aliphatic heterocycles. The first-order valence-corrected chi connectivity index (χ1v) is 6.34. The Morgan fingerprint density at radius 2 is 1.53 bits per heavy atom. The molecule has 0 amide bonds. The monoisotopic (exact) mass is 258 g/mol. The fourth-order valence-corrected chi connectivity index (χ4v) is 2.05. The van der Waals surface area contributed by atoms with Crippen LogP contribution in [-0.4, -0.2) is 28.0 Å². The van der Waals surface area contributed by atoms with Crippen molar-refractivity contribution in [2.45, 2.75) is 18.6 Å². The van der Waals surface area contributed by atoms with Crippen molar-refractivity contribution in [1.82, 2.24) is 0 Å². The molecule has 0 aromatic heterocycles. The normalized spacial score (nSPS) is 14.1. The van der Waals surface area contributed by atoms with Crippen molar-refractivity contribution in [2.75, 3.05) is 6.61 Å². The number of hydrogen-bond acceptors (Lipinski definition) is 3. The third-order valence-corrected chi connectivity index (χ3v) is 3.12. The quantitative estimate of drug-likeness (QED) is 0.770. The first-order chi connectivity index (χ1) is 9.22. The van der Waals surface area contributed by atoms with Crippen LogP contribution in [0.3, 0.4) is 0 Å². The van der Waals surface area contributed by atoms with Gasteiger partial charge in [-0.15, -0.1) is 0 Å². The molecule has 3 heteroatoms. The Morgan fingerprint density at radius 3 is 2.21 bits per heavy atom. The molecule has 2 unspecified atom stereocenters. The summed E-state index contributed by atoms with van der Waals surface area (Å²) in [5.74, 6) is 0. The topological polar surface area (TPSA) is 60.7 Å². The second-order valence-electron chi connectivity index (χ2n) is 4.52. The minimum atomic E-state index is -0.976. The third-order valence-electron chi connectivity index (χ3n) is 3.12. The van der Waals surface area contributed by atoms with Crippen molar-refractivity contribution < 1.29 is 15.3 Å².